The van der Waals surface area contributed by atoms with Gasteiger partial charge < -0.3 is 10.2 Å². The molecule has 2 aromatic rings. The number of carbonyl (C=O) groups excluding carboxylic acids is 1. The van der Waals surface area contributed by atoms with Gasteiger partial charge in [0.15, 0.2) is 6.54 Å². The molecule has 2 N–H and O–H groups in total. The lowest BCUT2D eigenvalue weighted by molar-refractivity contribution is -0.917. The molecule has 1 saturated carbocycles. The van der Waals surface area contributed by atoms with E-state index >= 15 is 0 Å². The molecular weight excluding hydrogens is 383 g/mol. The van der Waals surface area contributed by atoms with E-state index in [1.54, 1.807) is 12.1 Å². The van der Waals surface area contributed by atoms with E-state index in [0.29, 0.717) is 12.6 Å². The molecule has 0 bridgehead atoms. The monoisotopic (exact) mass is 405 g/mol. The molecule has 1 unspecified atom stereocenters. The van der Waals surface area contributed by atoms with Crippen molar-refractivity contribution in [2.45, 2.75) is 38.4 Å². The smallest absolute Gasteiger partial charge is 0.275 e. The van der Waals surface area contributed by atoms with Crippen LogP contribution in [0.5, 0.6) is 0 Å². The second kappa shape index (κ2) is 8.11. The van der Waals surface area contributed by atoms with Crippen molar-refractivity contribution in [3.05, 3.63) is 69.9 Å². The van der Waals surface area contributed by atoms with Crippen molar-refractivity contribution in [1.82, 2.24) is 5.32 Å². The van der Waals surface area contributed by atoms with E-state index < -0.39 is 0 Å². The molecule has 3 rings (SSSR count). The number of amides is 1. The van der Waals surface area contributed by atoms with E-state index in [4.69, 9.17) is 0 Å². The quantitative estimate of drug-likeness (QED) is 0.729. The van der Waals surface area contributed by atoms with Crippen LogP contribution in [0.15, 0.2) is 53.0 Å². The molecule has 0 aromatic heterocycles. The van der Waals surface area contributed by atoms with Gasteiger partial charge in [-0.1, -0.05) is 40.2 Å². The molecule has 0 spiro atoms. The second-order valence-electron chi connectivity index (χ2n) is 6.75. The van der Waals surface area contributed by atoms with Crippen molar-refractivity contribution in [3.8, 4) is 0 Å². The molecule has 0 radical (unpaired) electrons. The summed E-state index contributed by atoms with van der Waals surface area (Å²) < 4.78 is 14.1. The third-order valence-electron chi connectivity index (χ3n) is 4.63. The summed E-state index contributed by atoms with van der Waals surface area (Å²) in [5.41, 5.74) is 2.15. The van der Waals surface area contributed by atoms with Crippen LogP contribution in [0.25, 0.3) is 0 Å². The molecule has 5 heteroatoms. The lowest BCUT2D eigenvalue weighted by atomic mass is 10.1. The highest BCUT2D eigenvalue weighted by Gasteiger charge is 2.34. The number of hydrogen-bond acceptors (Lipinski definition) is 1. The summed E-state index contributed by atoms with van der Waals surface area (Å²) in [4.78, 5) is 13.7. The van der Waals surface area contributed by atoms with Crippen LogP contribution >= 0.6 is 15.9 Å². The third-order valence-corrected chi connectivity index (χ3v) is 5.16. The molecule has 0 heterocycles. The fourth-order valence-corrected chi connectivity index (χ4v) is 3.31. The van der Waals surface area contributed by atoms with Crippen LogP contribution in [0.2, 0.25) is 0 Å². The van der Waals surface area contributed by atoms with Crippen molar-refractivity contribution in [2.24, 2.45) is 0 Å². The second-order valence-corrected chi connectivity index (χ2v) is 7.67. The fourth-order valence-electron chi connectivity index (χ4n) is 3.04. The number of hydrogen-bond donors (Lipinski definition) is 2. The molecule has 132 valence electrons. The first-order chi connectivity index (χ1) is 12.0. The normalized spacial score (nSPS) is 16.3. The van der Waals surface area contributed by atoms with E-state index in [1.165, 1.54) is 17.0 Å². The Kier molecular flexibility index (Phi) is 5.86. The largest absolute Gasteiger partial charge is 0.345 e. The zero-order chi connectivity index (χ0) is 17.8. The molecule has 1 aliphatic rings. The summed E-state index contributed by atoms with van der Waals surface area (Å²) in [6.45, 7) is 3.20. The van der Waals surface area contributed by atoms with Crippen molar-refractivity contribution in [2.75, 3.05) is 6.54 Å². The minimum absolute atomic E-state index is 0.0214. The lowest BCUT2D eigenvalue weighted by Crippen LogP contribution is -3.13. The average Bonchev–Trinajstić information content (AvgIpc) is 3.41. The van der Waals surface area contributed by atoms with Crippen molar-refractivity contribution < 1.29 is 14.1 Å². The number of nitrogens with one attached hydrogen (secondary N) is 2. The SMILES string of the molecule is C[C@@H](NC(=O)C[NH+](Cc1ccc(F)cc1)C1CC1)c1ccc(Br)cc1. The summed E-state index contributed by atoms with van der Waals surface area (Å²) in [5.74, 6) is -0.169. The van der Waals surface area contributed by atoms with Gasteiger partial charge >= 0.3 is 0 Å². The molecule has 1 fully saturated rings. The zero-order valence-corrected chi connectivity index (χ0v) is 15.9. The highest BCUT2D eigenvalue weighted by atomic mass is 79.9. The summed E-state index contributed by atoms with van der Waals surface area (Å²) >= 11 is 3.42. The van der Waals surface area contributed by atoms with Gasteiger partial charge in [-0.25, -0.2) is 4.39 Å². The summed E-state index contributed by atoms with van der Waals surface area (Å²) in [6.07, 6.45) is 2.32. The van der Waals surface area contributed by atoms with Gasteiger partial charge in [0.25, 0.3) is 5.91 Å². The lowest BCUT2D eigenvalue weighted by Gasteiger charge is -2.21. The van der Waals surface area contributed by atoms with Gasteiger partial charge in [-0.05, 0) is 36.8 Å². The molecule has 1 amide bonds. The predicted octanol–water partition coefficient (Wildman–Crippen LogP) is 3.01. The number of rotatable bonds is 7. The average molecular weight is 406 g/mol. The van der Waals surface area contributed by atoms with Crippen LogP contribution in [-0.4, -0.2) is 18.5 Å². The van der Waals surface area contributed by atoms with Crippen molar-refractivity contribution in [1.29, 1.82) is 0 Å². The Morgan fingerprint density at radius 3 is 2.44 bits per heavy atom. The minimum atomic E-state index is -0.224. The number of quaternary nitrogens is 1. The Morgan fingerprint density at radius 1 is 1.20 bits per heavy atom. The van der Waals surface area contributed by atoms with Gasteiger partial charge in [-0.2, -0.15) is 0 Å². The van der Waals surface area contributed by atoms with Crippen LogP contribution in [0.4, 0.5) is 4.39 Å². The number of halogens is 2. The Bertz CT molecular complexity index is 713. The summed E-state index contributed by atoms with van der Waals surface area (Å²) in [7, 11) is 0. The van der Waals surface area contributed by atoms with Crippen LogP contribution in [0.1, 0.15) is 36.9 Å². The highest BCUT2D eigenvalue weighted by molar-refractivity contribution is 9.10. The third kappa shape index (κ3) is 5.38. The van der Waals surface area contributed by atoms with Crippen LogP contribution in [0.3, 0.4) is 0 Å². The zero-order valence-electron chi connectivity index (χ0n) is 14.3. The summed E-state index contributed by atoms with van der Waals surface area (Å²) in [6, 6.07) is 15.1. The minimum Gasteiger partial charge on any atom is -0.345 e. The molecule has 2 atom stereocenters. The molecule has 3 nitrogen and oxygen atoms in total. The van der Waals surface area contributed by atoms with Crippen LogP contribution in [-0.2, 0) is 11.3 Å². The van der Waals surface area contributed by atoms with Gasteiger partial charge in [0.1, 0.15) is 12.4 Å². The maximum absolute atomic E-state index is 13.1. The molecule has 25 heavy (non-hydrogen) atoms. The van der Waals surface area contributed by atoms with Gasteiger partial charge in [0.05, 0.1) is 12.1 Å². The van der Waals surface area contributed by atoms with E-state index in [9.17, 15) is 9.18 Å². The van der Waals surface area contributed by atoms with E-state index in [-0.39, 0.29) is 17.8 Å². The van der Waals surface area contributed by atoms with Gasteiger partial charge in [0, 0.05) is 22.9 Å². The number of benzene rings is 2. The number of carbonyl (C=O) groups is 1. The Labute approximate surface area is 156 Å². The van der Waals surface area contributed by atoms with E-state index in [0.717, 1.165) is 35.0 Å². The molecule has 0 saturated heterocycles. The molecule has 2 aromatic carbocycles. The van der Waals surface area contributed by atoms with Gasteiger partial charge in [0.2, 0.25) is 0 Å². The first-order valence-electron chi connectivity index (χ1n) is 8.65. The van der Waals surface area contributed by atoms with E-state index in [1.807, 2.05) is 31.2 Å². The van der Waals surface area contributed by atoms with E-state index in [2.05, 4.69) is 21.2 Å². The standard InChI is InChI=1S/C20H22BrFN2O/c1-14(16-4-6-17(21)7-5-16)23-20(25)13-24(19-10-11-19)12-15-2-8-18(22)9-3-15/h2-9,14,19H,10-13H2,1H3,(H,23,25)/p+1/t14-/m1/s1. The molecule has 0 aliphatic heterocycles. The molecule has 1 aliphatic carbocycles. The van der Waals surface area contributed by atoms with Gasteiger partial charge in [-0.3, -0.25) is 4.79 Å². The van der Waals surface area contributed by atoms with Crippen LogP contribution in [0, 0.1) is 5.82 Å². The van der Waals surface area contributed by atoms with Crippen molar-refractivity contribution in [3.63, 3.8) is 0 Å². The Balaban J connectivity index is 1.57. The predicted molar refractivity (Wildman–Crippen MR) is 99.7 cm³/mol. The Hall–Kier alpha value is -1.72. The maximum atomic E-state index is 13.1. The van der Waals surface area contributed by atoms with Crippen molar-refractivity contribution >= 4 is 21.8 Å². The first-order valence-corrected chi connectivity index (χ1v) is 9.44. The van der Waals surface area contributed by atoms with Crippen LogP contribution < -0.4 is 10.2 Å². The maximum Gasteiger partial charge on any atom is 0.275 e. The fraction of sp³-hybridized carbons (Fsp3) is 0.350. The topological polar surface area (TPSA) is 33.5 Å². The first kappa shape index (κ1) is 18.1. The highest BCUT2D eigenvalue weighted by Crippen LogP contribution is 2.17. The molecular formula is C20H23BrFN2O+. The van der Waals surface area contributed by atoms with Gasteiger partial charge in [-0.15, -0.1) is 0 Å². The Morgan fingerprint density at radius 2 is 1.84 bits per heavy atom. The summed E-state index contributed by atoms with van der Waals surface area (Å²) in [5, 5.41) is 3.09.